The van der Waals surface area contributed by atoms with Crippen molar-refractivity contribution in [2.45, 2.75) is 0 Å². The first-order valence-corrected chi connectivity index (χ1v) is 6.97. The minimum Gasteiger partial charge on any atom is -0.465 e. The summed E-state index contributed by atoms with van der Waals surface area (Å²) in [4.78, 5) is 26.1. The molecule has 1 saturated heterocycles. The molecule has 0 atom stereocenters. The fourth-order valence-corrected chi connectivity index (χ4v) is 3.21. The third-order valence-electron chi connectivity index (χ3n) is 3.05. The van der Waals surface area contributed by atoms with Gasteiger partial charge in [-0.2, -0.15) is 0 Å². The van der Waals surface area contributed by atoms with Gasteiger partial charge in [-0.15, -0.1) is 11.3 Å². The van der Waals surface area contributed by atoms with E-state index < -0.39 is 5.97 Å². The summed E-state index contributed by atoms with van der Waals surface area (Å²) >= 11 is 1.20. The molecule has 110 valence electrons. The lowest BCUT2D eigenvalue weighted by molar-refractivity contribution is 0.0602. The van der Waals surface area contributed by atoms with Crippen molar-refractivity contribution >= 4 is 33.9 Å². The molecule has 1 fully saturated rings. The maximum Gasteiger partial charge on any atom is 0.343 e. The van der Waals surface area contributed by atoms with Crippen LogP contribution in [-0.2, 0) is 9.47 Å². The number of nitrogen functional groups attached to an aromatic ring is 1. The minimum atomic E-state index is -0.532. The topological polar surface area (TPSA) is 93.9 Å². The van der Waals surface area contributed by atoms with Crippen molar-refractivity contribution in [1.29, 1.82) is 0 Å². The van der Waals surface area contributed by atoms with Crippen molar-refractivity contribution in [3.8, 4) is 0 Å². The number of amides is 1. The molecule has 0 aromatic carbocycles. The lowest BCUT2D eigenvalue weighted by Crippen LogP contribution is -2.36. The Kier molecular flexibility index (Phi) is 4.46. The van der Waals surface area contributed by atoms with E-state index in [4.69, 9.17) is 15.2 Å². The van der Waals surface area contributed by atoms with Gasteiger partial charge in [-0.25, -0.2) is 4.79 Å². The number of methoxy groups -OCH3 is 1. The van der Waals surface area contributed by atoms with E-state index in [-0.39, 0.29) is 17.2 Å². The Balaban J connectivity index is 2.47. The molecule has 8 heteroatoms. The normalized spacial score (nSPS) is 15.0. The summed E-state index contributed by atoms with van der Waals surface area (Å²) in [6.07, 6.45) is 0. The molecule has 1 amide bonds. The molecule has 0 spiro atoms. The Morgan fingerprint density at radius 2 is 2.05 bits per heavy atom. The van der Waals surface area contributed by atoms with Crippen LogP contribution in [0, 0.1) is 0 Å². The van der Waals surface area contributed by atoms with Crippen LogP contribution in [0.25, 0.3) is 0 Å². The summed E-state index contributed by atoms with van der Waals surface area (Å²) in [5.74, 6) is -0.840. The van der Waals surface area contributed by atoms with Crippen LogP contribution in [-0.4, -0.2) is 52.3 Å². The fraction of sp³-hybridized carbons (Fsp3) is 0.500. The van der Waals surface area contributed by atoms with Crippen LogP contribution in [0.5, 0.6) is 0 Å². The minimum absolute atomic E-state index is 0.169. The van der Waals surface area contributed by atoms with E-state index in [0.717, 1.165) is 0 Å². The first kappa shape index (κ1) is 14.6. The summed E-state index contributed by atoms with van der Waals surface area (Å²) in [6.45, 7) is 2.45. The van der Waals surface area contributed by atoms with Crippen molar-refractivity contribution in [1.82, 2.24) is 5.32 Å². The first-order valence-electron chi connectivity index (χ1n) is 6.15. The molecule has 1 aliphatic rings. The predicted molar refractivity (Wildman–Crippen MR) is 76.5 cm³/mol. The van der Waals surface area contributed by atoms with Crippen LogP contribution in [0.1, 0.15) is 20.0 Å². The first-order chi connectivity index (χ1) is 9.60. The van der Waals surface area contributed by atoms with Crippen molar-refractivity contribution in [2.75, 3.05) is 51.1 Å². The van der Waals surface area contributed by atoms with Crippen LogP contribution < -0.4 is 16.0 Å². The molecule has 0 radical (unpaired) electrons. The van der Waals surface area contributed by atoms with E-state index in [0.29, 0.717) is 36.2 Å². The summed E-state index contributed by atoms with van der Waals surface area (Å²) in [5, 5.41) is 3.18. The number of ether oxygens (including phenoxy) is 2. The van der Waals surface area contributed by atoms with Gasteiger partial charge in [0.05, 0.1) is 26.0 Å². The number of thiophene rings is 1. The molecule has 2 rings (SSSR count). The Labute approximate surface area is 120 Å². The number of hydrogen-bond acceptors (Lipinski definition) is 7. The largest absolute Gasteiger partial charge is 0.465 e. The zero-order valence-corrected chi connectivity index (χ0v) is 12.2. The predicted octanol–water partition coefficient (Wildman–Crippen LogP) is 0.313. The molecule has 0 unspecified atom stereocenters. The Hall–Kier alpha value is -1.80. The van der Waals surface area contributed by atoms with Gasteiger partial charge in [0, 0.05) is 20.1 Å². The van der Waals surface area contributed by atoms with Gasteiger partial charge in [0.1, 0.15) is 15.4 Å². The maximum atomic E-state index is 11.9. The Morgan fingerprint density at radius 3 is 2.60 bits per heavy atom. The molecule has 0 bridgehead atoms. The fourth-order valence-electron chi connectivity index (χ4n) is 2.00. The third-order valence-corrected chi connectivity index (χ3v) is 4.31. The van der Waals surface area contributed by atoms with Crippen LogP contribution in [0.2, 0.25) is 0 Å². The Bertz CT molecular complexity index is 523. The highest BCUT2D eigenvalue weighted by molar-refractivity contribution is 7.19. The maximum absolute atomic E-state index is 11.9. The van der Waals surface area contributed by atoms with E-state index in [2.05, 4.69) is 5.32 Å². The molecule has 0 aliphatic carbocycles. The standard InChI is InChI=1S/C12H17N3O4S/c1-14-10(16)9-8(13)7(12(17)18-2)11(20-9)15-3-5-19-6-4-15/h3-6,13H2,1-2H3,(H,14,16). The van der Waals surface area contributed by atoms with Crippen molar-refractivity contribution in [3.63, 3.8) is 0 Å². The van der Waals surface area contributed by atoms with E-state index in [1.54, 1.807) is 0 Å². The molecular weight excluding hydrogens is 282 g/mol. The second-order valence-electron chi connectivity index (χ2n) is 4.20. The SMILES string of the molecule is CNC(=O)c1sc(N2CCOCC2)c(C(=O)OC)c1N. The highest BCUT2D eigenvalue weighted by Crippen LogP contribution is 2.39. The number of rotatable bonds is 3. The summed E-state index contributed by atoms with van der Waals surface area (Å²) in [5.41, 5.74) is 6.39. The summed E-state index contributed by atoms with van der Waals surface area (Å²) in [6, 6.07) is 0. The lowest BCUT2D eigenvalue weighted by Gasteiger charge is -2.28. The molecule has 7 nitrogen and oxygen atoms in total. The number of anilines is 2. The molecular formula is C12H17N3O4S. The second kappa shape index (κ2) is 6.10. The summed E-state index contributed by atoms with van der Waals surface area (Å²) in [7, 11) is 2.82. The van der Waals surface area contributed by atoms with Crippen molar-refractivity contribution in [2.24, 2.45) is 0 Å². The number of carbonyl (C=O) groups is 2. The van der Waals surface area contributed by atoms with Gasteiger partial charge < -0.3 is 25.4 Å². The monoisotopic (exact) mass is 299 g/mol. The van der Waals surface area contributed by atoms with E-state index in [1.807, 2.05) is 4.90 Å². The molecule has 0 saturated carbocycles. The van der Waals surface area contributed by atoms with Crippen LogP contribution >= 0.6 is 11.3 Å². The average Bonchev–Trinajstić information content (AvgIpc) is 2.84. The average molecular weight is 299 g/mol. The van der Waals surface area contributed by atoms with Gasteiger partial charge in [-0.1, -0.05) is 0 Å². The van der Waals surface area contributed by atoms with Gasteiger partial charge in [0.2, 0.25) is 0 Å². The van der Waals surface area contributed by atoms with E-state index in [9.17, 15) is 9.59 Å². The highest BCUT2D eigenvalue weighted by Gasteiger charge is 2.29. The van der Waals surface area contributed by atoms with Crippen LogP contribution in [0.15, 0.2) is 0 Å². The lowest BCUT2D eigenvalue weighted by atomic mass is 10.2. The molecule has 3 N–H and O–H groups in total. The molecule has 2 heterocycles. The molecule has 1 aliphatic heterocycles. The van der Waals surface area contributed by atoms with E-state index >= 15 is 0 Å². The highest BCUT2D eigenvalue weighted by atomic mass is 32.1. The van der Waals surface area contributed by atoms with Crippen molar-refractivity contribution < 1.29 is 19.1 Å². The molecule has 20 heavy (non-hydrogen) atoms. The van der Waals surface area contributed by atoms with E-state index in [1.165, 1.54) is 25.5 Å². The number of esters is 1. The number of carbonyl (C=O) groups excluding carboxylic acids is 2. The molecule has 1 aromatic heterocycles. The smallest absolute Gasteiger partial charge is 0.343 e. The Morgan fingerprint density at radius 1 is 1.40 bits per heavy atom. The number of nitrogens with zero attached hydrogens (tertiary/aromatic N) is 1. The van der Waals surface area contributed by atoms with Gasteiger partial charge >= 0.3 is 5.97 Å². The van der Waals surface area contributed by atoms with Crippen molar-refractivity contribution in [3.05, 3.63) is 10.4 Å². The third kappa shape index (κ3) is 2.56. The number of nitrogens with two attached hydrogens (primary N) is 1. The summed E-state index contributed by atoms with van der Waals surface area (Å²) < 4.78 is 10.1. The zero-order chi connectivity index (χ0) is 14.7. The number of hydrogen-bond donors (Lipinski definition) is 2. The number of morpholine rings is 1. The number of nitrogens with one attached hydrogen (secondary N) is 1. The van der Waals surface area contributed by atoms with Gasteiger partial charge in [-0.3, -0.25) is 4.79 Å². The van der Waals surface area contributed by atoms with Gasteiger partial charge in [0.15, 0.2) is 0 Å². The van der Waals surface area contributed by atoms with Gasteiger partial charge in [0.25, 0.3) is 5.91 Å². The van der Waals surface area contributed by atoms with Gasteiger partial charge in [-0.05, 0) is 0 Å². The second-order valence-corrected chi connectivity index (χ2v) is 5.19. The van der Waals surface area contributed by atoms with Crippen LogP contribution in [0.3, 0.4) is 0 Å². The van der Waals surface area contributed by atoms with Crippen LogP contribution in [0.4, 0.5) is 10.7 Å². The molecule has 1 aromatic rings. The zero-order valence-electron chi connectivity index (χ0n) is 11.4. The quantitative estimate of drug-likeness (QED) is 0.780.